The molecule has 0 aliphatic carbocycles. The highest BCUT2D eigenvalue weighted by atomic mass is 16.6. The number of rotatable bonds is 4. The highest BCUT2D eigenvalue weighted by Gasteiger charge is 2.33. The Balaban J connectivity index is 1.80. The molecule has 2 aliphatic rings. The molecule has 2 N–H and O–H groups in total. The van der Waals surface area contributed by atoms with Crippen LogP contribution >= 0.6 is 0 Å². The zero-order valence-corrected chi connectivity index (χ0v) is 11.5. The molecular weight excluding hydrogens is 264 g/mol. The molecule has 0 aromatic rings. The lowest BCUT2D eigenvalue weighted by atomic mass is 10.1. The van der Waals surface area contributed by atoms with E-state index in [0.29, 0.717) is 13.0 Å². The predicted octanol–water partition coefficient (Wildman–Crippen LogP) is -0.402. The van der Waals surface area contributed by atoms with E-state index in [1.54, 1.807) is 4.90 Å². The van der Waals surface area contributed by atoms with Gasteiger partial charge in [-0.15, -0.1) is 0 Å². The lowest BCUT2D eigenvalue weighted by Crippen LogP contribution is -2.41. The SMILES string of the molecule is CC(C)N1CC(CNC(=O)C2=NNC(=O)CC2)OC1=O. The summed E-state index contributed by atoms with van der Waals surface area (Å²) in [4.78, 5) is 35.9. The molecule has 8 nitrogen and oxygen atoms in total. The number of carbonyl (C=O) groups is 3. The predicted molar refractivity (Wildman–Crippen MR) is 69.9 cm³/mol. The van der Waals surface area contributed by atoms with Gasteiger partial charge in [-0.05, 0) is 13.8 Å². The van der Waals surface area contributed by atoms with Crippen LogP contribution in [0.4, 0.5) is 4.79 Å². The van der Waals surface area contributed by atoms with E-state index in [1.165, 1.54) is 0 Å². The van der Waals surface area contributed by atoms with E-state index in [0.717, 1.165) is 0 Å². The van der Waals surface area contributed by atoms with Crippen molar-refractivity contribution in [3.63, 3.8) is 0 Å². The van der Waals surface area contributed by atoms with Crippen molar-refractivity contribution in [3.05, 3.63) is 0 Å². The van der Waals surface area contributed by atoms with Crippen LogP contribution in [0.2, 0.25) is 0 Å². The van der Waals surface area contributed by atoms with Crippen LogP contribution in [0.25, 0.3) is 0 Å². The lowest BCUT2D eigenvalue weighted by Gasteiger charge is -2.17. The van der Waals surface area contributed by atoms with E-state index < -0.39 is 0 Å². The second-order valence-corrected chi connectivity index (χ2v) is 5.06. The monoisotopic (exact) mass is 282 g/mol. The molecule has 2 rings (SSSR count). The summed E-state index contributed by atoms with van der Waals surface area (Å²) in [7, 11) is 0. The molecule has 0 bridgehead atoms. The van der Waals surface area contributed by atoms with Crippen molar-refractivity contribution in [1.29, 1.82) is 0 Å². The molecule has 0 aromatic heterocycles. The van der Waals surface area contributed by atoms with Gasteiger partial charge in [0.15, 0.2) is 0 Å². The van der Waals surface area contributed by atoms with Gasteiger partial charge in [-0.1, -0.05) is 0 Å². The highest BCUT2D eigenvalue weighted by molar-refractivity contribution is 6.39. The van der Waals surface area contributed by atoms with Gasteiger partial charge in [-0.25, -0.2) is 10.2 Å². The quantitative estimate of drug-likeness (QED) is 0.732. The maximum atomic E-state index is 11.8. The van der Waals surface area contributed by atoms with Gasteiger partial charge in [0.2, 0.25) is 5.91 Å². The van der Waals surface area contributed by atoms with E-state index in [2.05, 4.69) is 15.8 Å². The molecule has 0 radical (unpaired) electrons. The van der Waals surface area contributed by atoms with E-state index in [4.69, 9.17) is 4.74 Å². The molecule has 1 fully saturated rings. The van der Waals surface area contributed by atoms with Crippen LogP contribution in [0, 0.1) is 0 Å². The van der Waals surface area contributed by atoms with Crippen LogP contribution in [-0.2, 0) is 14.3 Å². The van der Waals surface area contributed by atoms with Gasteiger partial charge < -0.3 is 15.0 Å². The van der Waals surface area contributed by atoms with Crippen molar-refractivity contribution in [2.45, 2.75) is 38.8 Å². The Bertz CT molecular complexity index is 460. The summed E-state index contributed by atoms with van der Waals surface area (Å²) in [6.07, 6.45) is -0.138. The van der Waals surface area contributed by atoms with Crippen LogP contribution in [0.5, 0.6) is 0 Å². The summed E-state index contributed by atoms with van der Waals surface area (Å²) in [6, 6.07) is 0.0705. The zero-order valence-electron chi connectivity index (χ0n) is 11.5. The Morgan fingerprint density at radius 3 is 2.80 bits per heavy atom. The van der Waals surface area contributed by atoms with Gasteiger partial charge in [0, 0.05) is 18.9 Å². The second-order valence-electron chi connectivity index (χ2n) is 5.06. The number of nitrogens with one attached hydrogen (secondary N) is 2. The van der Waals surface area contributed by atoms with Crippen molar-refractivity contribution in [1.82, 2.24) is 15.6 Å². The first-order chi connectivity index (χ1) is 9.47. The number of hydrogen-bond donors (Lipinski definition) is 2. The number of hydrogen-bond acceptors (Lipinski definition) is 5. The molecule has 2 heterocycles. The summed E-state index contributed by atoms with van der Waals surface area (Å²) in [5, 5.41) is 6.36. The number of cyclic esters (lactones) is 1. The van der Waals surface area contributed by atoms with Gasteiger partial charge >= 0.3 is 6.09 Å². The number of ether oxygens (including phenoxy) is 1. The molecule has 0 saturated carbocycles. The summed E-state index contributed by atoms with van der Waals surface area (Å²) in [6.45, 7) is 4.50. The number of hydrazone groups is 1. The van der Waals surface area contributed by atoms with Crippen molar-refractivity contribution < 1.29 is 19.1 Å². The molecule has 3 amide bonds. The summed E-state index contributed by atoms with van der Waals surface area (Å²) < 4.78 is 5.15. The zero-order chi connectivity index (χ0) is 14.7. The number of nitrogens with zero attached hydrogens (tertiary/aromatic N) is 2. The highest BCUT2D eigenvalue weighted by Crippen LogP contribution is 2.13. The third kappa shape index (κ3) is 3.25. The van der Waals surface area contributed by atoms with Crippen LogP contribution < -0.4 is 10.7 Å². The van der Waals surface area contributed by atoms with Crippen molar-refractivity contribution >= 4 is 23.6 Å². The third-order valence-electron chi connectivity index (χ3n) is 3.18. The van der Waals surface area contributed by atoms with Crippen LogP contribution in [0.1, 0.15) is 26.7 Å². The molecule has 110 valence electrons. The largest absolute Gasteiger partial charge is 0.442 e. The molecule has 1 saturated heterocycles. The van der Waals surface area contributed by atoms with Crippen molar-refractivity contribution in [3.8, 4) is 0 Å². The molecule has 20 heavy (non-hydrogen) atoms. The average molecular weight is 282 g/mol. The minimum atomic E-state index is -0.360. The van der Waals surface area contributed by atoms with E-state index in [9.17, 15) is 14.4 Å². The third-order valence-corrected chi connectivity index (χ3v) is 3.18. The minimum absolute atomic E-state index is 0.0705. The van der Waals surface area contributed by atoms with Crippen molar-refractivity contribution in [2.24, 2.45) is 5.10 Å². The topological polar surface area (TPSA) is 100 Å². The van der Waals surface area contributed by atoms with E-state index in [-0.39, 0.29) is 48.7 Å². The summed E-state index contributed by atoms with van der Waals surface area (Å²) in [5.41, 5.74) is 2.55. The first-order valence-electron chi connectivity index (χ1n) is 6.58. The van der Waals surface area contributed by atoms with Gasteiger partial charge in [0.1, 0.15) is 11.8 Å². The van der Waals surface area contributed by atoms with Crippen LogP contribution in [0.15, 0.2) is 5.10 Å². The van der Waals surface area contributed by atoms with Gasteiger partial charge in [-0.3, -0.25) is 9.59 Å². The molecule has 0 spiro atoms. The van der Waals surface area contributed by atoms with Crippen LogP contribution in [-0.4, -0.2) is 53.8 Å². The number of carbonyl (C=O) groups excluding carboxylic acids is 3. The van der Waals surface area contributed by atoms with E-state index in [1.807, 2.05) is 13.8 Å². The van der Waals surface area contributed by atoms with Crippen molar-refractivity contribution in [2.75, 3.05) is 13.1 Å². The summed E-state index contributed by atoms with van der Waals surface area (Å²) >= 11 is 0. The standard InChI is InChI=1S/C12H18N4O4/c1-7(2)16-6-8(20-12(16)19)5-13-11(18)9-3-4-10(17)15-14-9/h7-8H,3-6H2,1-2H3,(H,13,18)(H,15,17). The Kier molecular flexibility index (Phi) is 4.21. The van der Waals surface area contributed by atoms with Gasteiger partial charge in [0.05, 0.1) is 13.1 Å². The van der Waals surface area contributed by atoms with Gasteiger partial charge in [0.25, 0.3) is 5.91 Å². The van der Waals surface area contributed by atoms with Gasteiger partial charge in [-0.2, -0.15) is 5.10 Å². The molecule has 8 heteroatoms. The molecule has 2 aliphatic heterocycles. The Hall–Kier alpha value is -2.12. The fraction of sp³-hybridized carbons (Fsp3) is 0.667. The minimum Gasteiger partial charge on any atom is -0.442 e. The lowest BCUT2D eigenvalue weighted by molar-refractivity contribution is -0.121. The smallest absolute Gasteiger partial charge is 0.410 e. The molecule has 1 unspecified atom stereocenters. The average Bonchev–Trinajstić information content (AvgIpc) is 2.78. The normalized spacial score (nSPS) is 22.4. The fourth-order valence-corrected chi connectivity index (χ4v) is 2.02. The maximum Gasteiger partial charge on any atom is 0.410 e. The molecule has 1 atom stereocenters. The Morgan fingerprint density at radius 1 is 1.50 bits per heavy atom. The molecular formula is C12H18N4O4. The Morgan fingerprint density at radius 2 is 2.25 bits per heavy atom. The first kappa shape index (κ1) is 14.3. The molecule has 0 aromatic carbocycles. The Labute approximate surface area is 116 Å². The maximum absolute atomic E-state index is 11.8. The fourth-order valence-electron chi connectivity index (χ4n) is 2.02. The van der Waals surface area contributed by atoms with E-state index >= 15 is 0 Å². The van der Waals surface area contributed by atoms with Crippen LogP contribution in [0.3, 0.4) is 0 Å². The second kappa shape index (κ2) is 5.89. The first-order valence-corrected chi connectivity index (χ1v) is 6.58. The number of amides is 3. The summed E-state index contributed by atoms with van der Waals surface area (Å²) in [5.74, 6) is -0.539.